The van der Waals surface area contributed by atoms with Crippen LogP contribution in [0.1, 0.15) is 45.5 Å². The summed E-state index contributed by atoms with van der Waals surface area (Å²) in [5, 5.41) is 14.8. The number of rotatable bonds is 2. The lowest BCUT2D eigenvalue weighted by atomic mass is 9.86. The Hall–Kier alpha value is -4.20. The topological polar surface area (TPSA) is 72.4 Å². The SMILES string of the molecule is COc1ccc2cc1-c1cc(ccc1O)C[C@@H]1c3c(cc(OC)c4c3Oc3cc5c(cc3O4)CCN[C@H]5C2)CCN1C. The molecule has 7 heteroatoms. The highest BCUT2D eigenvalue weighted by Crippen LogP contribution is 2.56. The standard InChI is InChI=1S/C35H34N2O5/c1-37-11-9-22-17-32(40-3)34-35-33(22)27(37)15-20-4-6-28(38)24(12-20)25-13-19(5-7-29(25)39-2)14-26-23-18-31(42-35)30(41-34)16-21(23)8-10-36-26/h4-7,12-13,16-18,26-27,36,38H,8-11,14-15H2,1-3H3/t26-,27+/m0/s1. The number of nitrogens with one attached hydrogen (secondary N) is 1. The van der Waals surface area contributed by atoms with E-state index < -0.39 is 0 Å². The van der Waals surface area contributed by atoms with Gasteiger partial charge in [0.1, 0.15) is 11.5 Å². The van der Waals surface area contributed by atoms with E-state index in [1.807, 2.05) is 12.1 Å². The molecule has 4 aliphatic rings. The number of nitrogens with zero attached hydrogens (tertiary/aromatic N) is 1. The lowest BCUT2D eigenvalue weighted by molar-refractivity contribution is 0.220. The van der Waals surface area contributed by atoms with Crippen LogP contribution in [-0.2, 0) is 25.7 Å². The van der Waals surface area contributed by atoms with E-state index in [4.69, 9.17) is 18.9 Å². The summed E-state index contributed by atoms with van der Waals surface area (Å²) in [6.07, 6.45) is 3.34. The van der Waals surface area contributed by atoms with E-state index >= 15 is 0 Å². The normalized spacial score (nSPS) is 20.0. The molecule has 2 atom stereocenters. The first-order valence-corrected chi connectivity index (χ1v) is 14.7. The van der Waals surface area contributed by atoms with Gasteiger partial charge in [0.15, 0.2) is 23.0 Å². The lowest BCUT2D eigenvalue weighted by Gasteiger charge is -2.38. The van der Waals surface area contributed by atoms with Gasteiger partial charge in [-0.3, -0.25) is 4.90 Å². The van der Waals surface area contributed by atoms with Crippen LogP contribution in [0.5, 0.6) is 40.2 Å². The molecule has 42 heavy (non-hydrogen) atoms. The molecular formula is C35H34N2O5. The first-order valence-electron chi connectivity index (χ1n) is 14.7. The molecule has 0 radical (unpaired) electrons. The highest BCUT2D eigenvalue weighted by Gasteiger charge is 2.36. The van der Waals surface area contributed by atoms with Gasteiger partial charge >= 0.3 is 0 Å². The van der Waals surface area contributed by atoms with Crippen LogP contribution in [0, 0.1) is 0 Å². The number of hydrogen-bond donors (Lipinski definition) is 2. The molecule has 2 N–H and O–H groups in total. The third kappa shape index (κ3) is 3.95. The quantitative estimate of drug-likeness (QED) is 0.255. The number of ether oxygens (including phenoxy) is 4. The molecule has 4 aromatic rings. The highest BCUT2D eigenvalue weighted by molar-refractivity contribution is 5.77. The molecule has 214 valence electrons. The molecule has 0 unspecified atom stereocenters. The van der Waals surface area contributed by atoms with E-state index in [2.05, 4.69) is 53.7 Å². The third-order valence-corrected chi connectivity index (χ3v) is 9.42. The minimum absolute atomic E-state index is 0.0455. The van der Waals surface area contributed by atoms with Gasteiger partial charge in [0.2, 0.25) is 5.75 Å². The Bertz CT molecular complexity index is 1750. The van der Waals surface area contributed by atoms with Crippen LogP contribution in [0.15, 0.2) is 54.6 Å². The molecule has 4 aromatic carbocycles. The molecular weight excluding hydrogens is 528 g/mol. The molecule has 4 aliphatic heterocycles. The van der Waals surface area contributed by atoms with E-state index in [1.54, 1.807) is 20.3 Å². The number of aromatic hydroxyl groups is 1. The van der Waals surface area contributed by atoms with Gasteiger partial charge in [-0.25, -0.2) is 0 Å². The van der Waals surface area contributed by atoms with Crippen LogP contribution in [0.3, 0.4) is 0 Å². The van der Waals surface area contributed by atoms with E-state index in [1.165, 1.54) is 16.7 Å². The minimum atomic E-state index is 0.0455. The Balaban J connectivity index is 1.39. The Morgan fingerprint density at radius 1 is 0.810 bits per heavy atom. The van der Waals surface area contributed by atoms with Crippen molar-refractivity contribution in [2.75, 3.05) is 34.4 Å². The predicted molar refractivity (Wildman–Crippen MR) is 161 cm³/mol. The molecule has 8 rings (SSSR count). The third-order valence-electron chi connectivity index (χ3n) is 9.42. The van der Waals surface area contributed by atoms with Crippen molar-refractivity contribution in [2.24, 2.45) is 0 Å². The first-order chi connectivity index (χ1) is 20.5. The first kappa shape index (κ1) is 25.5. The van der Waals surface area contributed by atoms with E-state index in [9.17, 15) is 5.11 Å². The summed E-state index contributed by atoms with van der Waals surface area (Å²) in [7, 11) is 5.54. The van der Waals surface area contributed by atoms with Crippen LogP contribution in [0.4, 0.5) is 0 Å². The number of likely N-dealkylation sites (N-methyl/N-ethyl adjacent to an activating group) is 1. The fourth-order valence-corrected chi connectivity index (χ4v) is 7.22. The van der Waals surface area contributed by atoms with Crippen molar-refractivity contribution in [2.45, 2.75) is 37.8 Å². The second kappa shape index (κ2) is 9.68. The van der Waals surface area contributed by atoms with Crippen molar-refractivity contribution in [3.05, 3.63) is 88.0 Å². The molecule has 0 aromatic heterocycles. The number of hydrogen-bond acceptors (Lipinski definition) is 7. The zero-order valence-corrected chi connectivity index (χ0v) is 24.1. The van der Waals surface area contributed by atoms with Crippen molar-refractivity contribution in [3.8, 4) is 51.4 Å². The van der Waals surface area contributed by atoms with Gasteiger partial charge in [0.05, 0.1) is 14.2 Å². The summed E-state index contributed by atoms with van der Waals surface area (Å²) >= 11 is 0. The number of phenolic OH excluding ortho intramolecular Hbond substituents is 1. The second-order valence-electron chi connectivity index (χ2n) is 11.8. The van der Waals surface area contributed by atoms with E-state index in [0.29, 0.717) is 11.5 Å². The zero-order chi connectivity index (χ0) is 28.5. The summed E-state index contributed by atoms with van der Waals surface area (Å²) in [5.41, 5.74) is 8.80. The molecule has 7 nitrogen and oxygen atoms in total. The van der Waals surface area contributed by atoms with Gasteiger partial charge in [-0.05, 0) is 110 Å². The summed E-state index contributed by atoms with van der Waals surface area (Å²) in [6.45, 7) is 1.79. The Kier molecular flexibility index (Phi) is 5.88. The van der Waals surface area contributed by atoms with Crippen molar-refractivity contribution < 1.29 is 24.1 Å². The average molecular weight is 563 g/mol. The molecule has 0 fully saturated rings. The number of fused-ring (bicyclic) bond motifs is 5. The van der Waals surface area contributed by atoms with Gasteiger partial charge in [-0.1, -0.05) is 12.1 Å². The minimum Gasteiger partial charge on any atom is -0.507 e. The molecule has 0 spiro atoms. The average Bonchev–Trinajstić information content (AvgIpc) is 3.00. The Morgan fingerprint density at radius 3 is 2.43 bits per heavy atom. The van der Waals surface area contributed by atoms with Crippen LogP contribution in [0.2, 0.25) is 0 Å². The van der Waals surface area contributed by atoms with E-state index in [0.717, 1.165) is 89.6 Å². The Morgan fingerprint density at radius 2 is 1.57 bits per heavy atom. The smallest absolute Gasteiger partial charge is 0.212 e. The fraction of sp³-hybridized carbons (Fsp3) is 0.314. The molecule has 7 bridgehead atoms. The molecule has 0 amide bonds. The van der Waals surface area contributed by atoms with Gasteiger partial charge in [0.25, 0.3) is 0 Å². The Labute approximate surface area is 245 Å². The van der Waals surface area contributed by atoms with E-state index in [-0.39, 0.29) is 17.8 Å². The summed E-state index contributed by atoms with van der Waals surface area (Å²) in [4.78, 5) is 2.39. The van der Waals surface area contributed by atoms with Gasteiger partial charge in [0, 0.05) is 35.3 Å². The number of methoxy groups -OCH3 is 2. The molecule has 0 aliphatic carbocycles. The van der Waals surface area contributed by atoms with Crippen molar-refractivity contribution in [3.63, 3.8) is 0 Å². The fourth-order valence-electron chi connectivity index (χ4n) is 7.22. The van der Waals surface area contributed by atoms with Gasteiger partial charge in [-0.2, -0.15) is 0 Å². The van der Waals surface area contributed by atoms with Crippen molar-refractivity contribution >= 4 is 0 Å². The number of phenols is 1. The van der Waals surface area contributed by atoms with Crippen LogP contribution >= 0.6 is 0 Å². The summed E-state index contributed by atoms with van der Waals surface area (Å²) in [5.74, 6) is 4.54. The number of benzene rings is 4. The molecule has 0 saturated heterocycles. The highest BCUT2D eigenvalue weighted by atomic mass is 16.6. The van der Waals surface area contributed by atoms with Crippen LogP contribution in [-0.4, -0.2) is 44.4 Å². The maximum absolute atomic E-state index is 11.1. The maximum Gasteiger partial charge on any atom is 0.212 e. The van der Waals surface area contributed by atoms with Crippen LogP contribution in [0.25, 0.3) is 11.1 Å². The van der Waals surface area contributed by atoms with Gasteiger partial charge in [-0.15, -0.1) is 0 Å². The van der Waals surface area contributed by atoms with Crippen molar-refractivity contribution in [1.82, 2.24) is 10.2 Å². The summed E-state index contributed by atoms with van der Waals surface area (Å²) in [6, 6.07) is 18.8. The maximum atomic E-state index is 11.1. The molecule has 0 saturated carbocycles. The largest absolute Gasteiger partial charge is 0.507 e. The van der Waals surface area contributed by atoms with Crippen molar-refractivity contribution in [1.29, 1.82) is 0 Å². The van der Waals surface area contributed by atoms with Gasteiger partial charge < -0.3 is 29.4 Å². The zero-order valence-electron chi connectivity index (χ0n) is 24.1. The lowest BCUT2D eigenvalue weighted by Crippen LogP contribution is -2.34. The molecule has 4 heterocycles. The second-order valence-corrected chi connectivity index (χ2v) is 11.8. The summed E-state index contributed by atoms with van der Waals surface area (Å²) < 4.78 is 25.1. The predicted octanol–water partition coefficient (Wildman–Crippen LogP) is 6.49. The van der Waals surface area contributed by atoms with Crippen LogP contribution < -0.4 is 24.3 Å². The monoisotopic (exact) mass is 562 g/mol.